The van der Waals surface area contributed by atoms with Crippen molar-refractivity contribution in [2.75, 3.05) is 5.73 Å². The van der Waals surface area contributed by atoms with Crippen molar-refractivity contribution < 1.29 is 23.2 Å². The van der Waals surface area contributed by atoms with Crippen LogP contribution in [0.15, 0.2) is 70.2 Å². The minimum absolute atomic E-state index is 0.118. The van der Waals surface area contributed by atoms with Gasteiger partial charge < -0.3 is 24.4 Å². The van der Waals surface area contributed by atoms with Crippen molar-refractivity contribution in [3.8, 4) is 17.4 Å². The number of aromatic hydroxyl groups is 1. The Balaban J connectivity index is 1.69. The van der Waals surface area contributed by atoms with Crippen LogP contribution in [0.25, 0.3) is 0 Å². The third-order valence-corrected chi connectivity index (χ3v) is 4.67. The Morgan fingerprint density at radius 2 is 1.96 bits per heavy atom. The Morgan fingerprint density at radius 1 is 1.11 bits per heavy atom. The van der Waals surface area contributed by atoms with Crippen molar-refractivity contribution in [2.45, 2.75) is 12.5 Å². The monoisotopic (exact) mass is 362 g/mol. The number of aromatic nitrogens is 2. The van der Waals surface area contributed by atoms with Gasteiger partial charge in [0.25, 0.3) is 0 Å². The van der Waals surface area contributed by atoms with Crippen molar-refractivity contribution >= 4 is 5.82 Å². The molecule has 0 spiro atoms. The number of benzene rings is 1. The maximum atomic E-state index is 9.83. The van der Waals surface area contributed by atoms with E-state index in [1.54, 1.807) is 31.0 Å². The fraction of sp³-hybridized carbons (Fsp3) is 0.100. The van der Waals surface area contributed by atoms with E-state index >= 15 is 0 Å². The van der Waals surface area contributed by atoms with E-state index in [0.29, 0.717) is 24.0 Å². The molecule has 1 aliphatic rings. The van der Waals surface area contributed by atoms with Gasteiger partial charge >= 0.3 is 5.88 Å². The highest BCUT2D eigenvalue weighted by Gasteiger charge is 2.37. The van der Waals surface area contributed by atoms with Crippen molar-refractivity contribution in [1.29, 1.82) is 0 Å². The quantitative estimate of drug-likeness (QED) is 0.478. The van der Waals surface area contributed by atoms with Gasteiger partial charge in [0.2, 0.25) is 12.1 Å². The van der Waals surface area contributed by atoms with Gasteiger partial charge in [0, 0.05) is 11.6 Å². The number of rotatable bonds is 3. The number of nitrogens with zero attached hydrogens (tertiary/aromatic N) is 2. The standard InChI is InChI=1S/C20H15N3O4/c21-19-18-17(15-4-2-8-26-15)14-6-5-12(24)9-16(14)27-20(18)22-11-23(19)10-13-3-1-7-25-13/h1-9,11,17,21,24H,10H2/p+1/t17-/m0/s1. The molecule has 0 saturated carbocycles. The van der Waals surface area contributed by atoms with Crippen LogP contribution in [0.1, 0.15) is 28.6 Å². The van der Waals surface area contributed by atoms with E-state index in [0.717, 1.165) is 22.6 Å². The van der Waals surface area contributed by atoms with Crippen molar-refractivity contribution in [3.63, 3.8) is 0 Å². The van der Waals surface area contributed by atoms with E-state index < -0.39 is 0 Å². The lowest BCUT2D eigenvalue weighted by Gasteiger charge is -2.25. The van der Waals surface area contributed by atoms with Gasteiger partial charge in [0.05, 0.1) is 18.4 Å². The summed E-state index contributed by atoms with van der Waals surface area (Å²) in [6, 6.07) is 12.4. The first-order valence-corrected chi connectivity index (χ1v) is 8.45. The molecule has 4 heterocycles. The first-order valence-electron chi connectivity index (χ1n) is 8.45. The molecular weight excluding hydrogens is 346 g/mol. The molecule has 7 heteroatoms. The molecule has 0 bridgehead atoms. The third-order valence-electron chi connectivity index (χ3n) is 4.67. The van der Waals surface area contributed by atoms with Crippen LogP contribution in [0.3, 0.4) is 0 Å². The topological polar surface area (TPSA) is 98.5 Å². The molecule has 0 aliphatic carbocycles. The van der Waals surface area contributed by atoms with E-state index in [1.165, 1.54) is 0 Å². The Labute approximate surface area is 154 Å². The average Bonchev–Trinajstić information content (AvgIpc) is 3.36. The second-order valence-corrected chi connectivity index (χ2v) is 6.33. The van der Waals surface area contributed by atoms with Gasteiger partial charge in [-0.05, 0) is 30.3 Å². The molecule has 3 N–H and O–H groups in total. The molecule has 3 aromatic heterocycles. The molecule has 1 atom stereocenters. The largest absolute Gasteiger partial charge is 0.508 e. The Kier molecular flexibility index (Phi) is 3.39. The third kappa shape index (κ3) is 2.52. The summed E-state index contributed by atoms with van der Waals surface area (Å²) in [5, 5.41) is 9.83. The molecule has 7 nitrogen and oxygen atoms in total. The van der Waals surface area contributed by atoms with E-state index in [1.807, 2.05) is 34.9 Å². The highest BCUT2D eigenvalue weighted by Crippen LogP contribution is 2.48. The summed E-state index contributed by atoms with van der Waals surface area (Å²) in [6.07, 6.45) is 4.85. The number of hydrogen-bond donors (Lipinski definition) is 2. The van der Waals surface area contributed by atoms with Crippen LogP contribution in [-0.2, 0) is 6.54 Å². The predicted molar refractivity (Wildman–Crippen MR) is 94.5 cm³/mol. The number of nitrogens with two attached hydrogens (primary N) is 1. The molecular formula is C20H16N3O4+. The van der Waals surface area contributed by atoms with E-state index in [2.05, 4.69) is 4.98 Å². The predicted octanol–water partition coefficient (Wildman–Crippen LogP) is 3.18. The summed E-state index contributed by atoms with van der Waals surface area (Å²) >= 11 is 0. The highest BCUT2D eigenvalue weighted by atomic mass is 16.5. The summed E-state index contributed by atoms with van der Waals surface area (Å²) in [5.41, 5.74) is 8.08. The van der Waals surface area contributed by atoms with Gasteiger partial charge in [-0.15, -0.1) is 0 Å². The number of furan rings is 2. The fourth-order valence-electron chi connectivity index (χ4n) is 3.43. The van der Waals surface area contributed by atoms with Gasteiger partial charge in [0.15, 0.2) is 0 Å². The lowest BCUT2D eigenvalue weighted by atomic mass is 9.87. The number of phenolic OH excluding ortho intramolecular Hbond substituents is 1. The molecule has 1 aromatic carbocycles. The number of phenols is 1. The second kappa shape index (κ2) is 5.91. The molecule has 4 aromatic rings. The SMILES string of the molecule is Nc1c2c(nc[n+]1Cc1ccco1)Oc1cc(O)ccc1[C@H]2c1ccco1. The number of anilines is 1. The zero-order chi connectivity index (χ0) is 18.4. The molecule has 0 amide bonds. The number of fused-ring (bicyclic) bond motifs is 2. The molecule has 0 saturated heterocycles. The van der Waals surface area contributed by atoms with Crippen LogP contribution in [0, 0.1) is 0 Å². The summed E-state index contributed by atoms with van der Waals surface area (Å²) in [6.45, 7) is 0.451. The molecule has 1 aliphatic heterocycles. The number of hydrogen-bond acceptors (Lipinski definition) is 6. The zero-order valence-electron chi connectivity index (χ0n) is 14.2. The first kappa shape index (κ1) is 15.5. The average molecular weight is 362 g/mol. The van der Waals surface area contributed by atoms with Crippen LogP contribution in [-0.4, -0.2) is 10.1 Å². The Bertz CT molecular complexity index is 1100. The lowest BCUT2D eigenvalue weighted by Crippen LogP contribution is -2.40. The summed E-state index contributed by atoms with van der Waals surface area (Å²) < 4.78 is 18.8. The Morgan fingerprint density at radius 3 is 2.74 bits per heavy atom. The molecule has 0 fully saturated rings. The van der Waals surface area contributed by atoms with Crippen LogP contribution in [0.2, 0.25) is 0 Å². The van der Waals surface area contributed by atoms with Crippen LogP contribution >= 0.6 is 0 Å². The minimum atomic E-state index is -0.295. The van der Waals surface area contributed by atoms with Gasteiger partial charge in [-0.2, -0.15) is 0 Å². The first-order chi connectivity index (χ1) is 13.2. The van der Waals surface area contributed by atoms with Gasteiger partial charge in [-0.25, -0.2) is 4.57 Å². The van der Waals surface area contributed by atoms with E-state index in [-0.39, 0.29) is 11.7 Å². The second-order valence-electron chi connectivity index (χ2n) is 6.33. The molecule has 0 unspecified atom stereocenters. The maximum absolute atomic E-state index is 9.83. The number of nitrogen functional groups attached to an aromatic ring is 1. The highest BCUT2D eigenvalue weighted by molar-refractivity contribution is 5.60. The minimum Gasteiger partial charge on any atom is -0.508 e. The number of ether oxygens (including phenoxy) is 1. The molecule has 134 valence electrons. The summed E-state index contributed by atoms with van der Waals surface area (Å²) in [4.78, 5) is 4.45. The van der Waals surface area contributed by atoms with Crippen LogP contribution in [0.5, 0.6) is 17.4 Å². The van der Waals surface area contributed by atoms with Gasteiger partial charge in [-0.3, -0.25) is 0 Å². The smallest absolute Gasteiger partial charge is 0.306 e. The maximum Gasteiger partial charge on any atom is 0.306 e. The fourth-order valence-corrected chi connectivity index (χ4v) is 3.43. The van der Waals surface area contributed by atoms with Crippen molar-refractivity contribution in [2.24, 2.45) is 0 Å². The molecule has 0 radical (unpaired) electrons. The summed E-state index contributed by atoms with van der Waals surface area (Å²) in [5.74, 6) is 2.74. The van der Waals surface area contributed by atoms with E-state index in [9.17, 15) is 5.11 Å². The normalized spacial score (nSPS) is 15.0. The van der Waals surface area contributed by atoms with Crippen molar-refractivity contribution in [1.82, 2.24) is 4.98 Å². The molecule has 5 rings (SSSR count). The van der Waals surface area contributed by atoms with Gasteiger partial charge in [-0.1, -0.05) is 11.1 Å². The molecule has 27 heavy (non-hydrogen) atoms. The van der Waals surface area contributed by atoms with Gasteiger partial charge in [0.1, 0.15) is 35.1 Å². The lowest BCUT2D eigenvalue weighted by molar-refractivity contribution is -0.679. The summed E-state index contributed by atoms with van der Waals surface area (Å²) in [7, 11) is 0. The zero-order valence-corrected chi connectivity index (χ0v) is 14.2. The van der Waals surface area contributed by atoms with Crippen LogP contribution < -0.4 is 15.0 Å². The van der Waals surface area contributed by atoms with Crippen molar-refractivity contribution in [3.05, 3.63) is 84.0 Å². The Hall–Kier alpha value is -3.74. The van der Waals surface area contributed by atoms with E-state index in [4.69, 9.17) is 19.3 Å². The van der Waals surface area contributed by atoms with Crippen LogP contribution in [0.4, 0.5) is 5.82 Å².